The monoisotopic (exact) mass is 315 g/mol. The minimum Gasteiger partial charge on any atom is -0.309 e. The molecule has 1 aromatic rings. The van der Waals surface area contributed by atoms with Gasteiger partial charge in [-0.2, -0.15) is 0 Å². The van der Waals surface area contributed by atoms with E-state index in [-0.39, 0.29) is 0 Å². The van der Waals surface area contributed by atoms with Crippen LogP contribution in [0.1, 0.15) is 44.4 Å². The Bertz CT molecular complexity index is 348. The minimum absolute atomic E-state index is 0.727. The molecule has 17 heavy (non-hydrogen) atoms. The summed E-state index contributed by atoms with van der Waals surface area (Å²) in [7, 11) is 0. The van der Waals surface area contributed by atoms with Gasteiger partial charge in [0.15, 0.2) is 0 Å². The lowest BCUT2D eigenvalue weighted by Gasteiger charge is -2.35. The molecule has 2 rings (SSSR count). The molecule has 0 aromatic carbocycles. The average molecular weight is 316 g/mol. The van der Waals surface area contributed by atoms with Crippen molar-refractivity contribution in [3.8, 4) is 0 Å². The smallest absolute Gasteiger partial charge is 0.0302 e. The van der Waals surface area contributed by atoms with Gasteiger partial charge in [-0.15, -0.1) is 11.3 Å². The normalized spacial score (nSPS) is 25.4. The summed E-state index contributed by atoms with van der Waals surface area (Å²) in [6.07, 6.45) is 5.58. The highest BCUT2D eigenvalue weighted by molar-refractivity contribution is 9.10. The van der Waals surface area contributed by atoms with Gasteiger partial charge >= 0.3 is 0 Å². The highest BCUT2D eigenvalue weighted by atomic mass is 79.9. The molecule has 0 saturated heterocycles. The van der Waals surface area contributed by atoms with Crippen molar-refractivity contribution in [3.05, 3.63) is 20.8 Å². The average Bonchev–Trinajstić information content (AvgIpc) is 2.73. The van der Waals surface area contributed by atoms with E-state index in [9.17, 15) is 0 Å². The number of thiophene rings is 1. The van der Waals surface area contributed by atoms with Crippen molar-refractivity contribution in [2.45, 2.75) is 52.1 Å². The summed E-state index contributed by atoms with van der Waals surface area (Å²) in [5, 5.41) is 5.94. The molecule has 96 valence electrons. The van der Waals surface area contributed by atoms with Crippen molar-refractivity contribution >= 4 is 27.3 Å². The summed E-state index contributed by atoms with van der Waals surface area (Å²) in [4.78, 5) is 1.44. The number of nitrogens with one attached hydrogen (secondary N) is 1. The molecule has 1 aliphatic carbocycles. The van der Waals surface area contributed by atoms with Gasteiger partial charge in [0.25, 0.3) is 0 Å². The second-order valence-electron chi connectivity index (χ2n) is 5.41. The summed E-state index contributed by atoms with van der Waals surface area (Å²) in [6.45, 7) is 5.77. The van der Waals surface area contributed by atoms with Crippen molar-refractivity contribution in [3.63, 3.8) is 0 Å². The molecule has 1 heterocycles. The van der Waals surface area contributed by atoms with Crippen molar-refractivity contribution in [1.82, 2.24) is 5.32 Å². The van der Waals surface area contributed by atoms with E-state index in [1.165, 1.54) is 35.0 Å². The maximum Gasteiger partial charge on any atom is 0.0302 e. The predicted molar refractivity (Wildman–Crippen MR) is 79.4 cm³/mol. The van der Waals surface area contributed by atoms with Crippen molar-refractivity contribution in [2.24, 2.45) is 11.8 Å². The summed E-state index contributed by atoms with van der Waals surface area (Å²) >= 11 is 5.35. The molecular weight excluding hydrogens is 294 g/mol. The molecule has 1 nitrogen and oxygen atoms in total. The maximum absolute atomic E-state index is 3.77. The summed E-state index contributed by atoms with van der Waals surface area (Å²) < 4.78 is 1.21. The maximum atomic E-state index is 3.77. The van der Waals surface area contributed by atoms with E-state index in [4.69, 9.17) is 0 Å². The number of hydrogen-bond donors (Lipinski definition) is 1. The lowest BCUT2D eigenvalue weighted by Crippen LogP contribution is -2.40. The van der Waals surface area contributed by atoms with E-state index in [1.54, 1.807) is 0 Å². The zero-order valence-corrected chi connectivity index (χ0v) is 13.1. The van der Waals surface area contributed by atoms with Crippen LogP contribution in [0.4, 0.5) is 0 Å². The Labute approximate surface area is 117 Å². The molecule has 1 N–H and O–H groups in total. The van der Waals surface area contributed by atoms with E-state index in [0.29, 0.717) is 0 Å². The van der Waals surface area contributed by atoms with Crippen LogP contribution in [0.2, 0.25) is 0 Å². The summed E-state index contributed by atoms with van der Waals surface area (Å²) in [6, 6.07) is 2.95. The Morgan fingerprint density at radius 3 is 2.82 bits per heavy atom. The molecule has 0 aliphatic heterocycles. The standard InChI is InChI=1S/C14H22BrNS/c1-10(2)13-5-3-4-6-14(13)16-8-12-7-11(15)9-17-12/h7,9-10,13-14,16H,3-6,8H2,1-2H3. The molecule has 2 unspecified atom stereocenters. The lowest BCUT2D eigenvalue weighted by atomic mass is 9.78. The first-order chi connectivity index (χ1) is 8.16. The first kappa shape index (κ1) is 13.6. The van der Waals surface area contributed by atoms with Gasteiger partial charge < -0.3 is 5.32 Å². The fourth-order valence-corrected chi connectivity index (χ4v) is 4.29. The Morgan fingerprint density at radius 1 is 1.41 bits per heavy atom. The lowest BCUT2D eigenvalue weighted by molar-refractivity contribution is 0.205. The van der Waals surface area contributed by atoms with Crippen LogP contribution >= 0.6 is 27.3 Å². The SMILES string of the molecule is CC(C)C1CCCCC1NCc1cc(Br)cs1. The first-order valence-corrected chi connectivity index (χ1v) is 8.30. The fourth-order valence-electron chi connectivity index (χ4n) is 2.89. The highest BCUT2D eigenvalue weighted by Crippen LogP contribution is 2.30. The van der Waals surface area contributed by atoms with Gasteiger partial charge in [0.1, 0.15) is 0 Å². The molecule has 1 aliphatic rings. The van der Waals surface area contributed by atoms with Gasteiger partial charge in [-0.05, 0) is 46.7 Å². The van der Waals surface area contributed by atoms with Crippen molar-refractivity contribution < 1.29 is 0 Å². The highest BCUT2D eigenvalue weighted by Gasteiger charge is 2.26. The molecule has 1 aromatic heterocycles. The molecule has 0 amide bonds. The molecule has 3 heteroatoms. The van der Waals surface area contributed by atoms with Gasteiger partial charge in [-0.25, -0.2) is 0 Å². The van der Waals surface area contributed by atoms with Crippen LogP contribution in [0.5, 0.6) is 0 Å². The quantitative estimate of drug-likeness (QED) is 0.840. The third-order valence-corrected chi connectivity index (χ3v) is 5.53. The van der Waals surface area contributed by atoms with Gasteiger partial charge in [0.05, 0.1) is 0 Å². The van der Waals surface area contributed by atoms with Gasteiger partial charge in [0, 0.05) is 27.3 Å². The molecule has 1 saturated carbocycles. The van der Waals surface area contributed by atoms with Crippen LogP contribution in [-0.2, 0) is 6.54 Å². The van der Waals surface area contributed by atoms with Crippen LogP contribution in [0.3, 0.4) is 0 Å². The largest absolute Gasteiger partial charge is 0.309 e. The molecule has 0 radical (unpaired) electrons. The zero-order valence-electron chi connectivity index (χ0n) is 10.7. The third kappa shape index (κ3) is 3.80. The van der Waals surface area contributed by atoms with Gasteiger partial charge in [-0.3, -0.25) is 0 Å². The fraction of sp³-hybridized carbons (Fsp3) is 0.714. The van der Waals surface area contributed by atoms with Crippen molar-refractivity contribution in [1.29, 1.82) is 0 Å². The predicted octanol–water partition coefficient (Wildman–Crippen LogP) is 4.82. The minimum atomic E-state index is 0.727. The van der Waals surface area contributed by atoms with Crippen molar-refractivity contribution in [2.75, 3.05) is 0 Å². The second kappa shape index (κ2) is 6.35. The number of hydrogen-bond acceptors (Lipinski definition) is 2. The van der Waals surface area contributed by atoms with Crippen LogP contribution < -0.4 is 5.32 Å². The zero-order chi connectivity index (χ0) is 12.3. The van der Waals surface area contributed by atoms with Crippen LogP contribution in [0.25, 0.3) is 0 Å². The van der Waals surface area contributed by atoms with E-state index in [2.05, 4.69) is 46.5 Å². The Kier molecular flexibility index (Phi) is 5.07. The number of rotatable bonds is 4. The third-order valence-electron chi connectivity index (χ3n) is 3.84. The molecule has 1 fully saturated rings. The Balaban J connectivity index is 1.88. The van der Waals surface area contributed by atoms with Gasteiger partial charge in [0.2, 0.25) is 0 Å². The molecular formula is C14H22BrNS. The van der Waals surface area contributed by atoms with Crippen LogP contribution in [0.15, 0.2) is 15.9 Å². The van der Waals surface area contributed by atoms with E-state index in [0.717, 1.165) is 24.4 Å². The van der Waals surface area contributed by atoms with Crippen LogP contribution in [-0.4, -0.2) is 6.04 Å². The van der Waals surface area contributed by atoms with E-state index < -0.39 is 0 Å². The Hall–Kier alpha value is 0.140. The van der Waals surface area contributed by atoms with E-state index in [1.807, 2.05) is 11.3 Å². The molecule has 0 spiro atoms. The Morgan fingerprint density at radius 2 is 2.18 bits per heavy atom. The molecule has 2 atom stereocenters. The molecule has 0 bridgehead atoms. The number of halogens is 1. The topological polar surface area (TPSA) is 12.0 Å². The first-order valence-electron chi connectivity index (χ1n) is 6.63. The van der Waals surface area contributed by atoms with Crippen LogP contribution in [0, 0.1) is 11.8 Å². The summed E-state index contributed by atoms with van der Waals surface area (Å²) in [5.74, 6) is 1.68. The summed E-state index contributed by atoms with van der Waals surface area (Å²) in [5.41, 5.74) is 0. The van der Waals surface area contributed by atoms with Gasteiger partial charge in [-0.1, -0.05) is 26.7 Å². The van der Waals surface area contributed by atoms with E-state index >= 15 is 0 Å². The second-order valence-corrected chi connectivity index (χ2v) is 7.32.